The molecule has 24 heavy (non-hydrogen) atoms. The minimum Gasteiger partial charge on any atom is -0.366 e. The lowest BCUT2D eigenvalue weighted by molar-refractivity contribution is -0.134. The first-order chi connectivity index (χ1) is 11.4. The fourth-order valence-electron chi connectivity index (χ4n) is 3.60. The molecule has 1 saturated heterocycles. The normalized spacial score (nSPS) is 23.4. The third kappa shape index (κ3) is 3.65. The third-order valence-corrected chi connectivity index (χ3v) is 5.50. The second kappa shape index (κ2) is 6.85. The predicted octanol–water partition coefficient (Wildman–Crippen LogP) is 2.51. The van der Waals surface area contributed by atoms with E-state index in [2.05, 4.69) is 55.7 Å². The first-order valence-electron chi connectivity index (χ1n) is 9.12. The Kier molecular flexibility index (Phi) is 4.97. The predicted molar refractivity (Wildman–Crippen MR) is 96.3 cm³/mol. The lowest BCUT2D eigenvalue weighted by Crippen LogP contribution is -2.52. The first kappa shape index (κ1) is 17.4. The minimum atomic E-state index is -0.348. The van der Waals surface area contributed by atoms with Crippen molar-refractivity contribution < 1.29 is 9.53 Å². The Morgan fingerprint density at radius 1 is 1.29 bits per heavy atom. The molecule has 1 saturated carbocycles. The molecule has 1 aromatic carbocycles. The van der Waals surface area contributed by atoms with Gasteiger partial charge in [-0.15, -0.1) is 0 Å². The number of nitrogens with one attached hydrogen (secondary N) is 2. The van der Waals surface area contributed by atoms with Crippen LogP contribution in [-0.2, 0) is 20.4 Å². The summed E-state index contributed by atoms with van der Waals surface area (Å²) in [5, 5.41) is 6.34. The molecule has 0 radical (unpaired) electrons. The zero-order chi connectivity index (χ0) is 17.2. The van der Waals surface area contributed by atoms with E-state index in [1.807, 2.05) is 0 Å². The number of benzene rings is 1. The summed E-state index contributed by atoms with van der Waals surface area (Å²) in [7, 11) is 0. The van der Waals surface area contributed by atoms with Gasteiger partial charge in [0, 0.05) is 25.0 Å². The highest BCUT2D eigenvalue weighted by molar-refractivity contribution is 5.81. The SMILES string of the molecule is CC(C)(C)c1ccc(C2(CNC(=O)C3CNCCO3)CCC2)cc1. The lowest BCUT2D eigenvalue weighted by Gasteiger charge is -2.43. The van der Waals surface area contributed by atoms with Gasteiger partial charge >= 0.3 is 0 Å². The molecule has 1 atom stereocenters. The maximum absolute atomic E-state index is 12.3. The van der Waals surface area contributed by atoms with Crippen molar-refractivity contribution in [1.82, 2.24) is 10.6 Å². The Labute approximate surface area is 145 Å². The molecule has 4 heteroatoms. The molecule has 1 amide bonds. The van der Waals surface area contributed by atoms with Crippen molar-refractivity contribution >= 4 is 5.91 Å². The molecule has 1 unspecified atom stereocenters. The van der Waals surface area contributed by atoms with Crippen molar-refractivity contribution in [2.75, 3.05) is 26.2 Å². The van der Waals surface area contributed by atoms with Gasteiger partial charge in [-0.25, -0.2) is 0 Å². The van der Waals surface area contributed by atoms with Gasteiger partial charge in [0.05, 0.1) is 6.61 Å². The molecular weight excluding hydrogens is 300 g/mol. The summed E-state index contributed by atoms with van der Waals surface area (Å²) >= 11 is 0. The van der Waals surface area contributed by atoms with Crippen LogP contribution in [0, 0.1) is 0 Å². The standard InChI is InChI=1S/C20H30N2O2/c1-19(2,3)15-5-7-16(8-6-15)20(9-4-10-20)14-22-18(23)17-13-21-11-12-24-17/h5-8,17,21H,4,9-14H2,1-3H3,(H,22,23). The van der Waals surface area contributed by atoms with Crippen LogP contribution in [0.1, 0.15) is 51.2 Å². The van der Waals surface area contributed by atoms with Crippen LogP contribution in [0.4, 0.5) is 0 Å². The van der Waals surface area contributed by atoms with Crippen LogP contribution in [0.15, 0.2) is 24.3 Å². The number of hydrogen-bond donors (Lipinski definition) is 2. The average molecular weight is 330 g/mol. The quantitative estimate of drug-likeness (QED) is 0.892. The highest BCUT2D eigenvalue weighted by Gasteiger charge is 2.39. The van der Waals surface area contributed by atoms with Crippen LogP contribution in [0.2, 0.25) is 0 Å². The van der Waals surface area contributed by atoms with Crippen LogP contribution in [0.25, 0.3) is 0 Å². The number of amides is 1. The van der Waals surface area contributed by atoms with Gasteiger partial charge in [0.15, 0.2) is 0 Å². The number of morpholine rings is 1. The van der Waals surface area contributed by atoms with Crippen LogP contribution in [0.5, 0.6) is 0 Å². The summed E-state index contributed by atoms with van der Waals surface area (Å²) < 4.78 is 5.54. The summed E-state index contributed by atoms with van der Waals surface area (Å²) in [6.45, 7) is 9.46. The molecule has 3 rings (SSSR count). The zero-order valence-electron chi connectivity index (χ0n) is 15.2. The average Bonchev–Trinajstić information content (AvgIpc) is 2.54. The maximum Gasteiger partial charge on any atom is 0.250 e. The maximum atomic E-state index is 12.3. The van der Waals surface area contributed by atoms with Gasteiger partial charge in [0.1, 0.15) is 6.10 Å². The van der Waals surface area contributed by atoms with Crippen LogP contribution in [0.3, 0.4) is 0 Å². The largest absolute Gasteiger partial charge is 0.366 e. The van der Waals surface area contributed by atoms with Gasteiger partial charge in [-0.3, -0.25) is 4.79 Å². The molecule has 4 nitrogen and oxygen atoms in total. The van der Waals surface area contributed by atoms with E-state index >= 15 is 0 Å². The molecule has 0 bridgehead atoms. The van der Waals surface area contributed by atoms with E-state index in [0.717, 1.165) is 19.4 Å². The Morgan fingerprint density at radius 2 is 2.00 bits per heavy atom. The Bertz CT molecular complexity index is 564. The monoisotopic (exact) mass is 330 g/mol. The second-order valence-electron chi connectivity index (χ2n) is 8.24. The van der Waals surface area contributed by atoms with E-state index < -0.39 is 0 Å². The van der Waals surface area contributed by atoms with Crippen molar-refractivity contribution in [2.45, 2.75) is 57.0 Å². The van der Waals surface area contributed by atoms with E-state index in [9.17, 15) is 4.79 Å². The number of hydrogen-bond acceptors (Lipinski definition) is 3. The number of ether oxygens (including phenoxy) is 1. The topological polar surface area (TPSA) is 50.4 Å². The highest BCUT2D eigenvalue weighted by Crippen LogP contribution is 2.43. The van der Waals surface area contributed by atoms with Crippen molar-refractivity contribution in [3.05, 3.63) is 35.4 Å². The van der Waals surface area contributed by atoms with Crippen LogP contribution >= 0.6 is 0 Å². The molecule has 2 aliphatic rings. The van der Waals surface area contributed by atoms with Gasteiger partial charge in [0.25, 0.3) is 0 Å². The smallest absolute Gasteiger partial charge is 0.250 e. The van der Waals surface area contributed by atoms with E-state index in [-0.39, 0.29) is 22.8 Å². The molecule has 1 aliphatic heterocycles. The van der Waals surface area contributed by atoms with Crippen LogP contribution in [-0.4, -0.2) is 38.3 Å². The summed E-state index contributed by atoms with van der Waals surface area (Å²) in [4.78, 5) is 12.3. The molecule has 1 aliphatic carbocycles. The van der Waals surface area contributed by atoms with Crippen molar-refractivity contribution in [2.24, 2.45) is 0 Å². The lowest BCUT2D eigenvalue weighted by atomic mass is 9.64. The summed E-state index contributed by atoms with van der Waals surface area (Å²) in [6, 6.07) is 8.99. The number of carbonyl (C=O) groups excluding carboxylic acids is 1. The van der Waals surface area contributed by atoms with E-state index in [0.29, 0.717) is 19.7 Å². The molecule has 0 spiro atoms. The Morgan fingerprint density at radius 3 is 2.50 bits per heavy atom. The van der Waals surface area contributed by atoms with Gasteiger partial charge in [-0.2, -0.15) is 0 Å². The number of carbonyl (C=O) groups is 1. The number of rotatable bonds is 4. The fraction of sp³-hybridized carbons (Fsp3) is 0.650. The van der Waals surface area contributed by atoms with E-state index in [1.54, 1.807) is 0 Å². The van der Waals surface area contributed by atoms with Gasteiger partial charge in [-0.1, -0.05) is 51.5 Å². The highest BCUT2D eigenvalue weighted by atomic mass is 16.5. The van der Waals surface area contributed by atoms with E-state index in [1.165, 1.54) is 17.5 Å². The van der Waals surface area contributed by atoms with Gasteiger partial charge in [-0.05, 0) is 29.4 Å². The van der Waals surface area contributed by atoms with Crippen molar-refractivity contribution in [3.8, 4) is 0 Å². The Balaban J connectivity index is 1.65. The van der Waals surface area contributed by atoms with Gasteiger partial charge in [0.2, 0.25) is 5.91 Å². The summed E-state index contributed by atoms with van der Waals surface area (Å²) in [5.74, 6) is 0.0137. The van der Waals surface area contributed by atoms with Crippen molar-refractivity contribution in [3.63, 3.8) is 0 Å². The zero-order valence-corrected chi connectivity index (χ0v) is 15.2. The van der Waals surface area contributed by atoms with Crippen molar-refractivity contribution in [1.29, 1.82) is 0 Å². The molecule has 1 heterocycles. The fourth-order valence-corrected chi connectivity index (χ4v) is 3.60. The molecule has 2 N–H and O–H groups in total. The molecule has 0 aromatic heterocycles. The summed E-state index contributed by atoms with van der Waals surface area (Å²) in [5.41, 5.74) is 2.98. The molecule has 132 valence electrons. The third-order valence-electron chi connectivity index (χ3n) is 5.50. The van der Waals surface area contributed by atoms with Gasteiger partial charge < -0.3 is 15.4 Å². The molecule has 2 fully saturated rings. The minimum absolute atomic E-state index is 0.0137. The Hall–Kier alpha value is -1.39. The summed E-state index contributed by atoms with van der Waals surface area (Å²) in [6.07, 6.45) is 3.18. The first-order valence-corrected chi connectivity index (χ1v) is 9.12. The molecular formula is C20H30N2O2. The second-order valence-corrected chi connectivity index (χ2v) is 8.24. The van der Waals surface area contributed by atoms with Crippen LogP contribution < -0.4 is 10.6 Å². The van der Waals surface area contributed by atoms with E-state index in [4.69, 9.17) is 4.74 Å². The molecule has 1 aromatic rings.